The van der Waals surface area contributed by atoms with Crippen molar-refractivity contribution in [1.82, 2.24) is 0 Å². The van der Waals surface area contributed by atoms with E-state index in [1.54, 1.807) is 30.3 Å². The van der Waals surface area contributed by atoms with Crippen LogP contribution >= 0.6 is 11.6 Å². The van der Waals surface area contributed by atoms with Gasteiger partial charge in [0.25, 0.3) is 0 Å². The highest BCUT2D eigenvalue weighted by atomic mass is 35.5. The van der Waals surface area contributed by atoms with E-state index < -0.39 is 15.1 Å². The lowest BCUT2D eigenvalue weighted by atomic mass is 9.71. The molecule has 0 saturated carbocycles. The monoisotopic (exact) mass is 464 g/mol. The van der Waals surface area contributed by atoms with Gasteiger partial charge >= 0.3 is 0 Å². The van der Waals surface area contributed by atoms with Gasteiger partial charge in [0.2, 0.25) is 0 Å². The minimum atomic E-state index is -3.61. The average molecular weight is 465 g/mol. The summed E-state index contributed by atoms with van der Waals surface area (Å²) in [5.41, 5.74) is 3.97. The summed E-state index contributed by atoms with van der Waals surface area (Å²) < 4.78 is 27.6. The Kier molecular flexibility index (Phi) is 9.17. The molecule has 0 amide bonds. The largest absolute Gasteiger partial charge is 0.392 e. The number of allylic oxidation sites excluding steroid dienone is 3. The van der Waals surface area contributed by atoms with Crippen molar-refractivity contribution in [2.45, 2.75) is 82.2 Å². The van der Waals surface area contributed by atoms with E-state index in [0.717, 1.165) is 42.4 Å². The number of halogens is 1. The van der Waals surface area contributed by atoms with E-state index in [1.807, 2.05) is 26.0 Å². The summed E-state index contributed by atoms with van der Waals surface area (Å²) in [5, 5.41) is 8.07. The fourth-order valence-electron chi connectivity index (χ4n) is 4.54. The molecule has 1 N–H and O–H groups in total. The minimum absolute atomic E-state index is 0.0213. The summed E-state index contributed by atoms with van der Waals surface area (Å²) in [6, 6.07) is 8.74. The standard InChI is InChI=1S/C26H37ClO3S/c1-19(15-17-28)13-14-23(27)21(3)18-24(25-20(2)10-9-16-26(25,4)5)31(29,30)22-11-7-6-8-12-22/h6-8,11-12,15,18,23-24,28H,9-10,13-14,16-17H2,1-5H3. The Morgan fingerprint density at radius 1 is 1.23 bits per heavy atom. The molecule has 1 aliphatic rings. The predicted molar refractivity (Wildman–Crippen MR) is 131 cm³/mol. The zero-order valence-electron chi connectivity index (χ0n) is 19.5. The number of hydrogen-bond acceptors (Lipinski definition) is 3. The van der Waals surface area contributed by atoms with Crippen molar-refractivity contribution in [3.63, 3.8) is 0 Å². The summed E-state index contributed by atoms with van der Waals surface area (Å²) >= 11 is 6.69. The first-order valence-electron chi connectivity index (χ1n) is 11.1. The number of aliphatic hydroxyl groups is 1. The molecule has 0 bridgehead atoms. The highest BCUT2D eigenvalue weighted by molar-refractivity contribution is 7.92. The summed E-state index contributed by atoms with van der Waals surface area (Å²) in [6.45, 7) is 10.3. The molecule has 172 valence electrons. The van der Waals surface area contributed by atoms with Crippen LogP contribution in [0.5, 0.6) is 0 Å². The van der Waals surface area contributed by atoms with Gasteiger partial charge in [0.1, 0.15) is 5.25 Å². The molecule has 0 heterocycles. The second kappa shape index (κ2) is 11.0. The third-order valence-corrected chi connectivity index (χ3v) is 8.91. The van der Waals surface area contributed by atoms with Gasteiger partial charge in [-0.25, -0.2) is 8.42 Å². The molecule has 1 aromatic rings. The molecule has 0 spiro atoms. The van der Waals surface area contributed by atoms with Crippen molar-refractivity contribution in [3.8, 4) is 0 Å². The van der Waals surface area contributed by atoms with E-state index in [-0.39, 0.29) is 17.4 Å². The summed E-state index contributed by atoms with van der Waals surface area (Å²) in [5.74, 6) is 0. The van der Waals surface area contributed by atoms with Gasteiger partial charge in [0.05, 0.1) is 16.9 Å². The second-order valence-electron chi connectivity index (χ2n) is 9.36. The Morgan fingerprint density at radius 2 is 1.87 bits per heavy atom. The Bertz CT molecular complexity index is 940. The van der Waals surface area contributed by atoms with Crippen LogP contribution < -0.4 is 0 Å². The Labute approximate surface area is 193 Å². The highest BCUT2D eigenvalue weighted by Gasteiger charge is 2.39. The quantitative estimate of drug-likeness (QED) is 0.329. The average Bonchev–Trinajstić information content (AvgIpc) is 2.71. The van der Waals surface area contributed by atoms with E-state index in [0.29, 0.717) is 11.3 Å². The maximum atomic E-state index is 13.8. The molecule has 1 aromatic carbocycles. The van der Waals surface area contributed by atoms with Crippen molar-refractivity contribution in [3.05, 3.63) is 64.8 Å². The molecule has 0 radical (unpaired) electrons. The van der Waals surface area contributed by atoms with Crippen LogP contribution in [0.1, 0.15) is 66.7 Å². The van der Waals surface area contributed by atoms with Gasteiger partial charge in [-0.15, -0.1) is 11.6 Å². The van der Waals surface area contributed by atoms with E-state index in [1.165, 1.54) is 5.57 Å². The normalized spacial score (nSPS) is 20.0. The Morgan fingerprint density at radius 3 is 2.45 bits per heavy atom. The molecule has 1 aliphatic carbocycles. The molecule has 0 saturated heterocycles. The fourth-order valence-corrected chi connectivity index (χ4v) is 6.77. The molecule has 5 heteroatoms. The van der Waals surface area contributed by atoms with E-state index in [2.05, 4.69) is 20.8 Å². The summed E-state index contributed by atoms with van der Waals surface area (Å²) in [7, 11) is -3.61. The summed E-state index contributed by atoms with van der Waals surface area (Å²) in [6.07, 6.45) is 8.12. The minimum Gasteiger partial charge on any atom is -0.392 e. The first kappa shape index (κ1) is 25.9. The van der Waals surface area contributed by atoms with Crippen molar-refractivity contribution >= 4 is 21.4 Å². The number of benzene rings is 1. The molecule has 0 aliphatic heterocycles. The molecular weight excluding hydrogens is 428 g/mol. The second-order valence-corrected chi connectivity index (χ2v) is 12.0. The van der Waals surface area contributed by atoms with Gasteiger partial charge < -0.3 is 5.11 Å². The lowest BCUT2D eigenvalue weighted by molar-refractivity contribution is 0.341. The van der Waals surface area contributed by atoms with Gasteiger partial charge in [-0.05, 0) is 76.0 Å². The number of hydrogen-bond donors (Lipinski definition) is 1. The molecule has 0 aromatic heterocycles. The Hall–Kier alpha value is -1.36. The first-order valence-corrected chi connectivity index (χ1v) is 13.1. The molecule has 2 atom stereocenters. The van der Waals surface area contributed by atoms with E-state index in [9.17, 15) is 8.42 Å². The van der Waals surface area contributed by atoms with Crippen LogP contribution in [0.4, 0.5) is 0 Å². The van der Waals surface area contributed by atoms with Crippen LogP contribution in [0.2, 0.25) is 0 Å². The maximum absolute atomic E-state index is 13.8. The van der Waals surface area contributed by atoms with Crippen LogP contribution in [-0.4, -0.2) is 30.8 Å². The van der Waals surface area contributed by atoms with Crippen LogP contribution in [0.25, 0.3) is 0 Å². The number of sulfone groups is 1. The third kappa shape index (κ3) is 6.57. The zero-order valence-corrected chi connectivity index (χ0v) is 21.1. The van der Waals surface area contributed by atoms with E-state index in [4.69, 9.17) is 16.7 Å². The van der Waals surface area contributed by atoms with Gasteiger partial charge in [-0.1, -0.05) is 60.9 Å². The van der Waals surface area contributed by atoms with Gasteiger partial charge in [0.15, 0.2) is 9.84 Å². The van der Waals surface area contributed by atoms with Crippen LogP contribution in [-0.2, 0) is 9.84 Å². The lowest BCUT2D eigenvalue weighted by Crippen LogP contribution is -2.34. The smallest absolute Gasteiger partial charge is 0.188 e. The fraction of sp³-hybridized carbons (Fsp3) is 0.538. The van der Waals surface area contributed by atoms with Crippen LogP contribution in [0, 0.1) is 5.41 Å². The molecule has 31 heavy (non-hydrogen) atoms. The van der Waals surface area contributed by atoms with Crippen molar-refractivity contribution in [1.29, 1.82) is 0 Å². The van der Waals surface area contributed by atoms with Crippen molar-refractivity contribution in [2.24, 2.45) is 5.41 Å². The molecular formula is C26H37ClO3S. The topological polar surface area (TPSA) is 54.4 Å². The highest BCUT2D eigenvalue weighted by Crippen LogP contribution is 2.45. The van der Waals surface area contributed by atoms with Crippen molar-refractivity contribution in [2.75, 3.05) is 6.61 Å². The van der Waals surface area contributed by atoms with Crippen LogP contribution in [0.3, 0.4) is 0 Å². The van der Waals surface area contributed by atoms with Gasteiger partial charge in [0, 0.05) is 0 Å². The maximum Gasteiger partial charge on any atom is 0.188 e. The number of rotatable bonds is 9. The molecule has 3 nitrogen and oxygen atoms in total. The number of alkyl halides is 1. The number of aliphatic hydroxyl groups excluding tert-OH is 1. The molecule has 2 rings (SSSR count). The van der Waals surface area contributed by atoms with Gasteiger partial charge in [-0.3, -0.25) is 0 Å². The summed E-state index contributed by atoms with van der Waals surface area (Å²) in [4.78, 5) is 0.346. The Balaban J connectivity index is 2.51. The zero-order chi connectivity index (χ0) is 23.2. The first-order chi connectivity index (χ1) is 14.5. The SMILES string of the molecule is CC(=CCO)CCC(Cl)C(C)=CC(C1=C(C)CCCC1(C)C)S(=O)(=O)c1ccccc1. The van der Waals surface area contributed by atoms with Crippen LogP contribution in [0.15, 0.2) is 69.7 Å². The molecule has 0 fully saturated rings. The molecule has 2 unspecified atom stereocenters. The van der Waals surface area contributed by atoms with Gasteiger partial charge in [-0.2, -0.15) is 0 Å². The predicted octanol–water partition coefficient (Wildman–Crippen LogP) is 6.63. The lowest BCUT2D eigenvalue weighted by Gasteiger charge is -2.38. The van der Waals surface area contributed by atoms with E-state index >= 15 is 0 Å². The third-order valence-electron chi connectivity index (χ3n) is 6.37. The van der Waals surface area contributed by atoms with Crippen molar-refractivity contribution < 1.29 is 13.5 Å².